The van der Waals surface area contributed by atoms with E-state index in [1.54, 1.807) is 4.68 Å². The highest BCUT2D eigenvalue weighted by molar-refractivity contribution is 8.00. The lowest BCUT2D eigenvalue weighted by molar-refractivity contribution is 0.0911. The molecule has 1 aromatic carbocycles. The number of nitrogens with zero attached hydrogens (tertiary/aromatic N) is 4. The quantitative estimate of drug-likeness (QED) is 0.601. The van der Waals surface area contributed by atoms with Crippen LogP contribution in [0.15, 0.2) is 35.5 Å². The summed E-state index contributed by atoms with van der Waals surface area (Å²) in [4.78, 5) is 12.4. The summed E-state index contributed by atoms with van der Waals surface area (Å²) < 4.78 is 7.34. The van der Waals surface area contributed by atoms with Crippen molar-refractivity contribution in [3.63, 3.8) is 0 Å². The molecule has 1 aliphatic heterocycles. The van der Waals surface area contributed by atoms with Crippen molar-refractivity contribution >= 4 is 17.5 Å². The summed E-state index contributed by atoms with van der Waals surface area (Å²) >= 11 is 1.38. The highest BCUT2D eigenvalue weighted by Gasteiger charge is 2.22. The zero-order valence-electron chi connectivity index (χ0n) is 12.4. The number of hydrogen-bond donors (Lipinski definition) is 0. The van der Waals surface area contributed by atoms with Crippen molar-refractivity contribution in [1.82, 2.24) is 20.2 Å². The molecule has 1 saturated heterocycles. The Morgan fingerprint density at radius 2 is 2.27 bits per heavy atom. The monoisotopic (exact) mass is 318 g/mol. The Bertz CT molecular complexity index is 625. The second-order valence-electron chi connectivity index (χ2n) is 5.27. The normalized spacial score (nSPS) is 19.2. The Kier molecular flexibility index (Phi) is 4.84. The van der Waals surface area contributed by atoms with Crippen molar-refractivity contribution in [2.45, 2.75) is 42.8 Å². The average molecular weight is 318 g/mol. The summed E-state index contributed by atoms with van der Waals surface area (Å²) in [5.74, 6) is 0.0808. The van der Waals surface area contributed by atoms with Crippen LogP contribution in [0.1, 0.15) is 30.1 Å². The van der Waals surface area contributed by atoms with Gasteiger partial charge in [0.15, 0.2) is 5.78 Å². The van der Waals surface area contributed by atoms with Gasteiger partial charge >= 0.3 is 0 Å². The molecule has 1 aromatic heterocycles. The summed E-state index contributed by atoms with van der Waals surface area (Å²) in [6.45, 7) is 3.32. The van der Waals surface area contributed by atoms with E-state index in [-0.39, 0.29) is 17.1 Å². The highest BCUT2D eigenvalue weighted by Crippen LogP contribution is 2.24. The molecule has 0 spiro atoms. The topological polar surface area (TPSA) is 69.9 Å². The number of carbonyl (C=O) groups is 1. The third-order valence-electron chi connectivity index (χ3n) is 3.61. The molecule has 0 saturated carbocycles. The van der Waals surface area contributed by atoms with E-state index in [2.05, 4.69) is 15.5 Å². The molecule has 0 aliphatic carbocycles. The number of aromatic nitrogens is 4. The van der Waals surface area contributed by atoms with Crippen molar-refractivity contribution in [1.29, 1.82) is 0 Å². The number of carbonyl (C=O) groups excluding carboxylic acids is 1. The summed E-state index contributed by atoms with van der Waals surface area (Å²) in [6.07, 6.45) is 2.28. The van der Waals surface area contributed by atoms with E-state index in [4.69, 9.17) is 4.74 Å². The number of Topliss-reactive ketones (excluding diaryl/α,β-unsaturated/α-hetero) is 1. The molecule has 1 aliphatic rings. The molecule has 6 nitrogen and oxygen atoms in total. The molecule has 22 heavy (non-hydrogen) atoms. The molecule has 0 N–H and O–H groups in total. The first kappa shape index (κ1) is 15.2. The van der Waals surface area contributed by atoms with E-state index in [0.717, 1.165) is 19.4 Å². The van der Waals surface area contributed by atoms with Crippen LogP contribution in [-0.4, -0.2) is 44.0 Å². The van der Waals surface area contributed by atoms with Crippen molar-refractivity contribution in [3.8, 4) is 0 Å². The first-order valence-corrected chi connectivity index (χ1v) is 8.25. The van der Waals surface area contributed by atoms with Crippen LogP contribution in [0.3, 0.4) is 0 Å². The van der Waals surface area contributed by atoms with Gasteiger partial charge in [0.2, 0.25) is 5.16 Å². The Balaban J connectivity index is 1.65. The van der Waals surface area contributed by atoms with Crippen LogP contribution in [0.4, 0.5) is 0 Å². The van der Waals surface area contributed by atoms with E-state index < -0.39 is 0 Å². The minimum atomic E-state index is -0.239. The van der Waals surface area contributed by atoms with Crippen molar-refractivity contribution in [2.75, 3.05) is 6.61 Å². The molecule has 116 valence electrons. The first-order chi connectivity index (χ1) is 10.7. The minimum Gasteiger partial charge on any atom is -0.376 e. The lowest BCUT2D eigenvalue weighted by Gasteiger charge is -2.12. The standard InChI is InChI=1S/C15H18N4O2S/c1-11(14(20)12-6-3-2-4-7-12)22-15-16-17-18-19(15)10-13-8-5-9-21-13/h2-4,6-7,11,13H,5,8-10H2,1H3/t11-,13+/m1/s1. The van der Waals surface area contributed by atoms with E-state index in [1.807, 2.05) is 37.3 Å². The maximum absolute atomic E-state index is 12.4. The average Bonchev–Trinajstić information content (AvgIpc) is 3.20. The van der Waals surface area contributed by atoms with Gasteiger partial charge in [0.25, 0.3) is 0 Å². The number of hydrogen-bond acceptors (Lipinski definition) is 6. The van der Waals surface area contributed by atoms with E-state index in [1.165, 1.54) is 11.8 Å². The van der Waals surface area contributed by atoms with Gasteiger partial charge in [-0.2, -0.15) is 0 Å². The zero-order valence-corrected chi connectivity index (χ0v) is 13.2. The van der Waals surface area contributed by atoms with Gasteiger partial charge < -0.3 is 4.74 Å². The van der Waals surface area contributed by atoms with Crippen LogP contribution in [0, 0.1) is 0 Å². The summed E-state index contributed by atoms with van der Waals surface area (Å²) in [6, 6.07) is 9.29. The molecule has 1 fully saturated rings. The van der Waals surface area contributed by atoms with Crippen LogP contribution < -0.4 is 0 Å². The zero-order chi connectivity index (χ0) is 15.4. The second-order valence-corrected chi connectivity index (χ2v) is 6.58. The number of ether oxygens (including phenoxy) is 1. The first-order valence-electron chi connectivity index (χ1n) is 7.37. The van der Waals surface area contributed by atoms with E-state index >= 15 is 0 Å². The van der Waals surface area contributed by atoms with Crippen LogP contribution in [-0.2, 0) is 11.3 Å². The van der Waals surface area contributed by atoms with Gasteiger partial charge in [0, 0.05) is 12.2 Å². The fraction of sp³-hybridized carbons (Fsp3) is 0.467. The molecular formula is C15H18N4O2S. The fourth-order valence-corrected chi connectivity index (χ4v) is 3.30. The minimum absolute atomic E-state index is 0.0808. The van der Waals surface area contributed by atoms with Gasteiger partial charge in [-0.05, 0) is 30.2 Å². The predicted molar refractivity (Wildman–Crippen MR) is 82.9 cm³/mol. The number of ketones is 1. The van der Waals surface area contributed by atoms with Crippen LogP contribution in [0.2, 0.25) is 0 Å². The largest absolute Gasteiger partial charge is 0.376 e. The number of thioether (sulfide) groups is 1. The van der Waals surface area contributed by atoms with E-state index in [0.29, 0.717) is 17.3 Å². The Morgan fingerprint density at radius 1 is 1.45 bits per heavy atom. The molecule has 2 heterocycles. The summed E-state index contributed by atoms with van der Waals surface area (Å²) in [5, 5.41) is 12.2. The van der Waals surface area contributed by atoms with Crippen molar-refractivity contribution in [2.24, 2.45) is 0 Å². The SMILES string of the molecule is C[C@@H](Sc1nnnn1C[C@@H]1CCCO1)C(=O)c1ccccc1. The lowest BCUT2D eigenvalue weighted by atomic mass is 10.1. The molecule has 3 rings (SSSR count). The fourth-order valence-electron chi connectivity index (χ4n) is 2.43. The third-order valence-corrected chi connectivity index (χ3v) is 4.68. The summed E-state index contributed by atoms with van der Waals surface area (Å²) in [5.41, 5.74) is 0.709. The van der Waals surface area contributed by atoms with Gasteiger partial charge in [-0.25, -0.2) is 4.68 Å². The number of rotatable bonds is 6. The maximum atomic E-state index is 12.4. The predicted octanol–water partition coefficient (Wildman–Crippen LogP) is 2.22. The second kappa shape index (κ2) is 7.02. The molecule has 2 atom stereocenters. The smallest absolute Gasteiger partial charge is 0.210 e. The molecule has 0 unspecified atom stereocenters. The van der Waals surface area contributed by atoms with Gasteiger partial charge in [0.05, 0.1) is 17.9 Å². The van der Waals surface area contributed by atoms with Gasteiger partial charge in [-0.1, -0.05) is 42.1 Å². The molecule has 2 aromatic rings. The Hall–Kier alpha value is -1.73. The van der Waals surface area contributed by atoms with Crippen LogP contribution >= 0.6 is 11.8 Å². The van der Waals surface area contributed by atoms with Crippen molar-refractivity contribution < 1.29 is 9.53 Å². The van der Waals surface area contributed by atoms with Gasteiger partial charge in [0.1, 0.15) is 0 Å². The van der Waals surface area contributed by atoms with Gasteiger partial charge in [-0.3, -0.25) is 4.79 Å². The Labute approximate surface area is 133 Å². The highest BCUT2D eigenvalue weighted by atomic mass is 32.2. The molecule has 0 amide bonds. The van der Waals surface area contributed by atoms with Gasteiger partial charge in [-0.15, -0.1) is 5.10 Å². The molecule has 7 heteroatoms. The molecule has 0 bridgehead atoms. The number of tetrazole rings is 1. The van der Waals surface area contributed by atoms with Crippen LogP contribution in [0.25, 0.3) is 0 Å². The lowest BCUT2D eigenvalue weighted by Crippen LogP contribution is -2.19. The van der Waals surface area contributed by atoms with E-state index in [9.17, 15) is 4.79 Å². The van der Waals surface area contributed by atoms with Crippen molar-refractivity contribution in [3.05, 3.63) is 35.9 Å². The Morgan fingerprint density at radius 3 is 3.00 bits per heavy atom. The molecule has 0 radical (unpaired) electrons. The third kappa shape index (κ3) is 3.53. The number of benzene rings is 1. The summed E-state index contributed by atoms with van der Waals surface area (Å²) in [7, 11) is 0. The molecular weight excluding hydrogens is 300 g/mol. The van der Waals surface area contributed by atoms with Crippen LogP contribution in [0.5, 0.6) is 0 Å². The maximum Gasteiger partial charge on any atom is 0.210 e.